The van der Waals surface area contributed by atoms with Crippen LogP contribution in [0.25, 0.3) is 22.4 Å². The summed E-state index contributed by atoms with van der Waals surface area (Å²) in [5, 5.41) is 10.2. The molecule has 3 rings (SSSR count). The Morgan fingerprint density at radius 2 is 1.95 bits per heavy atom. The lowest BCUT2D eigenvalue weighted by Gasteiger charge is -2.05. The van der Waals surface area contributed by atoms with Crippen LogP contribution in [0.15, 0.2) is 36.4 Å². The molecule has 0 saturated heterocycles. The lowest BCUT2D eigenvalue weighted by Crippen LogP contribution is -1.93. The van der Waals surface area contributed by atoms with Gasteiger partial charge in [0.2, 0.25) is 0 Å². The van der Waals surface area contributed by atoms with Crippen LogP contribution in [0.5, 0.6) is 0 Å². The van der Waals surface area contributed by atoms with Gasteiger partial charge >= 0.3 is 0 Å². The van der Waals surface area contributed by atoms with Crippen LogP contribution in [0, 0.1) is 11.3 Å². The minimum atomic E-state index is 0.591. The summed E-state index contributed by atoms with van der Waals surface area (Å²) >= 11 is 12.3. The van der Waals surface area contributed by atoms with E-state index in [1.807, 2.05) is 23.7 Å². The zero-order valence-electron chi connectivity index (χ0n) is 10.6. The van der Waals surface area contributed by atoms with Crippen LogP contribution < -0.4 is 0 Å². The van der Waals surface area contributed by atoms with E-state index in [0.717, 1.165) is 22.4 Å². The number of hydrogen-bond acceptors (Lipinski definition) is 2. The predicted octanol–water partition coefficient (Wildman–Crippen LogP) is 4.42. The molecular formula is C15H9Cl2N3. The topological polar surface area (TPSA) is 41.6 Å². The summed E-state index contributed by atoms with van der Waals surface area (Å²) in [4.78, 5) is 4.57. The van der Waals surface area contributed by atoms with Crippen molar-refractivity contribution in [1.29, 1.82) is 5.26 Å². The summed E-state index contributed by atoms with van der Waals surface area (Å²) in [7, 11) is 1.89. The fraction of sp³-hybridized carbons (Fsp3) is 0.0667. The number of fused-ring (bicyclic) bond motifs is 1. The molecule has 0 atom stereocenters. The standard InChI is InChI=1S/C15H9Cl2N3/c1-20-14-6-9(8-18)2-5-13(14)19-15(20)11-7-10(16)3-4-12(11)17/h2-7H,1H3. The molecular weight excluding hydrogens is 293 g/mol. The highest BCUT2D eigenvalue weighted by molar-refractivity contribution is 6.35. The van der Waals surface area contributed by atoms with Crippen LogP contribution in [0.1, 0.15) is 5.56 Å². The van der Waals surface area contributed by atoms with Gasteiger partial charge in [-0.2, -0.15) is 5.26 Å². The Bertz CT molecular complexity index is 859. The molecule has 0 aliphatic carbocycles. The lowest BCUT2D eigenvalue weighted by molar-refractivity contribution is 0.959. The smallest absolute Gasteiger partial charge is 0.142 e. The van der Waals surface area contributed by atoms with Gasteiger partial charge in [0.15, 0.2) is 0 Å². The first-order valence-electron chi connectivity index (χ1n) is 5.92. The van der Waals surface area contributed by atoms with E-state index in [0.29, 0.717) is 15.6 Å². The van der Waals surface area contributed by atoms with Crippen LogP contribution in [0.3, 0.4) is 0 Å². The molecule has 2 aromatic carbocycles. The minimum Gasteiger partial charge on any atom is -0.327 e. The molecule has 1 heterocycles. The number of nitrogens with zero attached hydrogens (tertiary/aromatic N) is 3. The van der Waals surface area contributed by atoms with Crippen molar-refractivity contribution >= 4 is 34.2 Å². The zero-order valence-corrected chi connectivity index (χ0v) is 12.1. The third-order valence-corrected chi connectivity index (χ3v) is 3.74. The van der Waals surface area contributed by atoms with Gasteiger partial charge in [0.1, 0.15) is 5.82 Å². The van der Waals surface area contributed by atoms with E-state index < -0.39 is 0 Å². The monoisotopic (exact) mass is 301 g/mol. The van der Waals surface area contributed by atoms with E-state index in [2.05, 4.69) is 11.1 Å². The number of nitriles is 1. The van der Waals surface area contributed by atoms with E-state index in [4.69, 9.17) is 28.5 Å². The normalized spacial score (nSPS) is 10.7. The zero-order chi connectivity index (χ0) is 14.3. The quantitative estimate of drug-likeness (QED) is 0.667. The van der Waals surface area contributed by atoms with E-state index in [1.165, 1.54) is 0 Å². The van der Waals surface area contributed by atoms with Crippen LogP contribution in [-0.4, -0.2) is 9.55 Å². The van der Waals surface area contributed by atoms with Crippen molar-refractivity contribution in [3.05, 3.63) is 52.0 Å². The highest BCUT2D eigenvalue weighted by atomic mass is 35.5. The van der Waals surface area contributed by atoms with E-state index in [1.54, 1.807) is 24.3 Å². The van der Waals surface area contributed by atoms with Gasteiger partial charge in [0, 0.05) is 17.6 Å². The second kappa shape index (κ2) is 4.82. The molecule has 0 spiro atoms. The number of benzene rings is 2. The maximum absolute atomic E-state index is 8.97. The van der Waals surface area contributed by atoms with Crippen LogP contribution in [0.2, 0.25) is 10.0 Å². The Kier molecular flexibility index (Phi) is 3.13. The van der Waals surface area contributed by atoms with Gasteiger partial charge in [0.05, 0.1) is 27.7 Å². The molecule has 0 amide bonds. The average Bonchev–Trinajstić information content (AvgIpc) is 2.78. The fourth-order valence-corrected chi connectivity index (χ4v) is 2.54. The van der Waals surface area contributed by atoms with Crippen molar-refractivity contribution < 1.29 is 0 Å². The molecule has 0 aliphatic heterocycles. The van der Waals surface area contributed by atoms with Gasteiger partial charge in [-0.05, 0) is 36.4 Å². The van der Waals surface area contributed by atoms with Crippen LogP contribution in [-0.2, 0) is 7.05 Å². The van der Waals surface area contributed by atoms with Gasteiger partial charge in [-0.25, -0.2) is 4.98 Å². The minimum absolute atomic E-state index is 0.591. The summed E-state index contributed by atoms with van der Waals surface area (Å²) in [6.07, 6.45) is 0. The van der Waals surface area contributed by atoms with Gasteiger partial charge in [0.25, 0.3) is 0 Å². The summed E-state index contributed by atoms with van der Waals surface area (Å²) in [6.45, 7) is 0. The lowest BCUT2D eigenvalue weighted by atomic mass is 10.2. The number of aromatic nitrogens is 2. The molecule has 3 nitrogen and oxygen atoms in total. The first-order valence-corrected chi connectivity index (χ1v) is 6.68. The second-order valence-electron chi connectivity index (χ2n) is 4.43. The fourth-order valence-electron chi connectivity index (χ4n) is 2.17. The SMILES string of the molecule is Cn1c(-c2cc(Cl)ccc2Cl)nc2ccc(C#N)cc21. The first kappa shape index (κ1) is 13.0. The van der Waals surface area contributed by atoms with E-state index >= 15 is 0 Å². The largest absolute Gasteiger partial charge is 0.327 e. The molecule has 0 saturated carbocycles. The Hall–Kier alpha value is -2.02. The maximum Gasteiger partial charge on any atom is 0.142 e. The molecule has 0 aliphatic rings. The highest BCUT2D eigenvalue weighted by Gasteiger charge is 2.13. The van der Waals surface area contributed by atoms with Crippen molar-refractivity contribution in [1.82, 2.24) is 9.55 Å². The number of imidazole rings is 1. The van der Waals surface area contributed by atoms with Crippen molar-refractivity contribution in [2.24, 2.45) is 7.05 Å². The second-order valence-corrected chi connectivity index (χ2v) is 5.28. The van der Waals surface area contributed by atoms with Gasteiger partial charge < -0.3 is 4.57 Å². The maximum atomic E-state index is 8.97. The van der Waals surface area contributed by atoms with Crippen LogP contribution in [0.4, 0.5) is 0 Å². The summed E-state index contributed by atoms with van der Waals surface area (Å²) < 4.78 is 1.91. The highest BCUT2D eigenvalue weighted by Crippen LogP contribution is 2.31. The Morgan fingerprint density at radius 1 is 1.15 bits per heavy atom. The van der Waals surface area contributed by atoms with Gasteiger partial charge in [-0.3, -0.25) is 0 Å². The van der Waals surface area contributed by atoms with Gasteiger partial charge in [-0.1, -0.05) is 23.2 Å². The molecule has 5 heteroatoms. The molecule has 0 unspecified atom stereocenters. The van der Waals surface area contributed by atoms with E-state index in [9.17, 15) is 0 Å². The summed E-state index contributed by atoms with van der Waals surface area (Å²) in [5.41, 5.74) is 3.08. The number of aryl methyl sites for hydroxylation is 1. The molecule has 98 valence electrons. The summed E-state index contributed by atoms with van der Waals surface area (Å²) in [6, 6.07) is 12.8. The van der Waals surface area contributed by atoms with E-state index in [-0.39, 0.29) is 0 Å². The van der Waals surface area contributed by atoms with Crippen molar-refractivity contribution in [2.45, 2.75) is 0 Å². The number of hydrogen-bond donors (Lipinski definition) is 0. The molecule has 0 N–H and O–H groups in total. The number of rotatable bonds is 1. The predicted molar refractivity (Wildman–Crippen MR) is 80.9 cm³/mol. The molecule has 1 aromatic heterocycles. The average molecular weight is 302 g/mol. The molecule has 0 radical (unpaired) electrons. The van der Waals surface area contributed by atoms with Crippen molar-refractivity contribution in [3.8, 4) is 17.5 Å². The van der Waals surface area contributed by atoms with Crippen LogP contribution >= 0.6 is 23.2 Å². The Labute approximate surface area is 126 Å². The molecule has 0 bridgehead atoms. The van der Waals surface area contributed by atoms with Crippen molar-refractivity contribution in [2.75, 3.05) is 0 Å². The number of halogens is 2. The van der Waals surface area contributed by atoms with Crippen molar-refractivity contribution in [3.63, 3.8) is 0 Å². The molecule has 0 fully saturated rings. The third-order valence-electron chi connectivity index (χ3n) is 3.18. The first-order chi connectivity index (χ1) is 9.60. The molecule has 20 heavy (non-hydrogen) atoms. The van der Waals surface area contributed by atoms with Gasteiger partial charge in [-0.15, -0.1) is 0 Å². The molecule has 3 aromatic rings. The Morgan fingerprint density at radius 3 is 2.70 bits per heavy atom. The third kappa shape index (κ3) is 2.03. The summed E-state index contributed by atoms with van der Waals surface area (Å²) in [5.74, 6) is 0.725. The Balaban J connectivity index is 2.30.